The first-order valence-electron chi connectivity index (χ1n) is 5.79. The van der Waals surface area contributed by atoms with E-state index in [0.29, 0.717) is 17.1 Å². The summed E-state index contributed by atoms with van der Waals surface area (Å²) in [7, 11) is 0. The largest absolute Gasteiger partial charge is 0.312 e. The van der Waals surface area contributed by atoms with E-state index in [1.54, 1.807) is 12.1 Å². The van der Waals surface area contributed by atoms with Crippen LogP contribution in [0.1, 0.15) is 31.7 Å². The molecule has 0 unspecified atom stereocenters. The fourth-order valence-corrected chi connectivity index (χ4v) is 1.84. The second-order valence-corrected chi connectivity index (χ2v) is 4.29. The van der Waals surface area contributed by atoms with E-state index in [9.17, 15) is 10.1 Å². The van der Waals surface area contributed by atoms with Crippen LogP contribution in [0, 0.1) is 10.1 Å². The predicted molar refractivity (Wildman–Crippen MR) is 69.3 cm³/mol. The van der Waals surface area contributed by atoms with Crippen LogP contribution in [0.25, 0.3) is 0 Å². The van der Waals surface area contributed by atoms with Crippen molar-refractivity contribution in [2.24, 2.45) is 0 Å². The molecule has 0 aliphatic rings. The summed E-state index contributed by atoms with van der Waals surface area (Å²) in [6.07, 6.45) is 3.40. The molecule has 94 valence electrons. The van der Waals surface area contributed by atoms with Gasteiger partial charge in [0.25, 0.3) is 5.69 Å². The molecule has 0 fully saturated rings. The summed E-state index contributed by atoms with van der Waals surface area (Å²) < 4.78 is 0. The maximum absolute atomic E-state index is 10.8. The molecule has 1 aromatic carbocycles. The summed E-state index contributed by atoms with van der Waals surface area (Å²) >= 11 is 5.97. The van der Waals surface area contributed by atoms with Crippen molar-refractivity contribution in [3.8, 4) is 0 Å². The minimum Gasteiger partial charge on any atom is -0.312 e. The third-order valence-corrected chi connectivity index (χ3v) is 2.90. The minimum absolute atomic E-state index is 0.0838. The maximum Gasteiger partial charge on any atom is 0.275 e. The van der Waals surface area contributed by atoms with Gasteiger partial charge in [-0.1, -0.05) is 37.4 Å². The Labute approximate surface area is 106 Å². The molecule has 0 aromatic heterocycles. The Balaban J connectivity index is 2.60. The zero-order chi connectivity index (χ0) is 12.7. The summed E-state index contributed by atoms with van der Waals surface area (Å²) in [5.41, 5.74) is 0.649. The summed E-state index contributed by atoms with van der Waals surface area (Å²) in [6.45, 7) is 3.44. The predicted octanol–water partition coefficient (Wildman–Crippen LogP) is 3.53. The summed E-state index contributed by atoms with van der Waals surface area (Å²) in [6, 6.07) is 4.76. The number of benzene rings is 1. The number of halogens is 1. The van der Waals surface area contributed by atoms with Crippen LogP contribution < -0.4 is 5.32 Å². The lowest BCUT2D eigenvalue weighted by Gasteiger charge is -2.07. The van der Waals surface area contributed by atoms with Crippen molar-refractivity contribution >= 4 is 17.3 Å². The van der Waals surface area contributed by atoms with Gasteiger partial charge in [-0.2, -0.15) is 0 Å². The number of nitro groups is 1. The number of unbranched alkanes of at least 4 members (excludes halogenated alkanes) is 2. The number of hydrogen-bond acceptors (Lipinski definition) is 3. The van der Waals surface area contributed by atoms with E-state index < -0.39 is 4.92 Å². The Morgan fingerprint density at radius 2 is 2.18 bits per heavy atom. The van der Waals surface area contributed by atoms with E-state index in [-0.39, 0.29) is 5.69 Å². The van der Waals surface area contributed by atoms with E-state index in [4.69, 9.17) is 11.6 Å². The van der Waals surface area contributed by atoms with Gasteiger partial charge in [0.05, 0.1) is 15.5 Å². The first kappa shape index (κ1) is 13.9. The normalized spacial score (nSPS) is 10.5. The first-order valence-corrected chi connectivity index (χ1v) is 6.17. The number of nitrogens with zero attached hydrogens (tertiary/aromatic N) is 1. The number of nitro benzene ring substituents is 1. The molecule has 1 aromatic rings. The van der Waals surface area contributed by atoms with Crippen LogP contribution in [-0.2, 0) is 6.54 Å². The fraction of sp³-hybridized carbons (Fsp3) is 0.500. The van der Waals surface area contributed by atoms with Crippen molar-refractivity contribution < 1.29 is 4.92 Å². The van der Waals surface area contributed by atoms with Crippen molar-refractivity contribution in [3.05, 3.63) is 38.9 Å². The van der Waals surface area contributed by atoms with Gasteiger partial charge in [-0.25, -0.2) is 0 Å². The summed E-state index contributed by atoms with van der Waals surface area (Å²) in [4.78, 5) is 10.4. The Hall–Kier alpha value is -1.13. The Bertz CT molecular complexity index is 383. The highest BCUT2D eigenvalue weighted by molar-refractivity contribution is 6.31. The second-order valence-electron chi connectivity index (χ2n) is 3.88. The molecule has 0 spiro atoms. The van der Waals surface area contributed by atoms with Crippen molar-refractivity contribution in [3.63, 3.8) is 0 Å². The lowest BCUT2D eigenvalue weighted by Crippen LogP contribution is -2.16. The van der Waals surface area contributed by atoms with Gasteiger partial charge in [-0.05, 0) is 19.0 Å². The first-order chi connectivity index (χ1) is 8.16. The molecule has 0 saturated heterocycles. The monoisotopic (exact) mass is 256 g/mol. The minimum atomic E-state index is -0.394. The molecule has 0 amide bonds. The van der Waals surface area contributed by atoms with Crippen molar-refractivity contribution in [2.75, 3.05) is 6.54 Å². The molecular weight excluding hydrogens is 240 g/mol. The van der Waals surface area contributed by atoms with Gasteiger partial charge in [0, 0.05) is 12.6 Å². The van der Waals surface area contributed by atoms with Crippen LogP contribution in [0.3, 0.4) is 0 Å². The van der Waals surface area contributed by atoms with Crippen molar-refractivity contribution in [1.82, 2.24) is 5.32 Å². The number of hydrogen-bond donors (Lipinski definition) is 1. The van der Waals surface area contributed by atoms with Gasteiger partial charge in [-0.15, -0.1) is 0 Å². The maximum atomic E-state index is 10.8. The standard InChI is InChI=1S/C12H17ClN2O2/c1-2-3-4-8-14-9-10-11(13)6-5-7-12(10)15(16)17/h5-7,14H,2-4,8-9H2,1H3. The molecule has 0 aliphatic heterocycles. The molecular formula is C12H17ClN2O2. The fourth-order valence-electron chi connectivity index (χ4n) is 1.61. The smallest absolute Gasteiger partial charge is 0.275 e. The molecule has 0 saturated carbocycles. The van der Waals surface area contributed by atoms with Gasteiger partial charge >= 0.3 is 0 Å². The average molecular weight is 257 g/mol. The topological polar surface area (TPSA) is 55.2 Å². The Morgan fingerprint density at radius 3 is 2.82 bits per heavy atom. The quantitative estimate of drug-likeness (QED) is 0.461. The zero-order valence-corrected chi connectivity index (χ0v) is 10.7. The molecule has 17 heavy (non-hydrogen) atoms. The van der Waals surface area contributed by atoms with Crippen molar-refractivity contribution in [1.29, 1.82) is 0 Å². The lowest BCUT2D eigenvalue weighted by atomic mass is 10.1. The van der Waals surface area contributed by atoms with Gasteiger partial charge in [0.2, 0.25) is 0 Å². The van der Waals surface area contributed by atoms with E-state index in [1.807, 2.05) is 0 Å². The van der Waals surface area contributed by atoms with E-state index in [0.717, 1.165) is 25.8 Å². The highest BCUT2D eigenvalue weighted by Crippen LogP contribution is 2.25. The van der Waals surface area contributed by atoms with E-state index in [1.165, 1.54) is 6.07 Å². The molecule has 1 N–H and O–H groups in total. The zero-order valence-electron chi connectivity index (χ0n) is 9.91. The molecule has 0 radical (unpaired) electrons. The van der Waals surface area contributed by atoms with Gasteiger partial charge in [0.15, 0.2) is 0 Å². The molecule has 0 atom stereocenters. The van der Waals surface area contributed by atoms with E-state index in [2.05, 4.69) is 12.2 Å². The SMILES string of the molecule is CCCCCNCc1c(Cl)cccc1[N+](=O)[O-]. The number of nitrogens with one attached hydrogen (secondary N) is 1. The third-order valence-electron chi connectivity index (χ3n) is 2.55. The summed E-state index contributed by atoms with van der Waals surface area (Å²) in [5.74, 6) is 0. The van der Waals surface area contributed by atoms with Crippen LogP contribution >= 0.6 is 11.6 Å². The average Bonchev–Trinajstić information content (AvgIpc) is 2.30. The Kier molecular flexibility index (Phi) is 5.94. The van der Waals surface area contributed by atoms with E-state index >= 15 is 0 Å². The van der Waals surface area contributed by atoms with Crippen LogP contribution in [0.5, 0.6) is 0 Å². The Morgan fingerprint density at radius 1 is 1.41 bits per heavy atom. The number of rotatable bonds is 7. The van der Waals surface area contributed by atoms with Gasteiger partial charge in [0.1, 0.15) is 0 Å². The van der Waals surface area contributed by atoms with Gasteiger partial charge in [-0.3, -0.25) is 10.1 Å². The third kappa shape index (κ3) is 4.32. The molecule has 0 bridgehead atoms. The molecule has 5 heteroatoms. The van der Waals surface area contributed by atoms with Gasteiger partial charge < -0.3 is 5.32 Å². The highest BCUT2D eigenvalue weighted by Gasteiger charge is 2.15. The molecule has 4 nitrogen and oxygen atoms in total. The lowest BCUT2D eigenvalue weighted by molar-refractivity contribution is -0.385. The second kappa shape index (κ2) is 7.25. The summed E-state index contributed by atoms with van der Waals surface area (Å²) in [5, 5.41) is 14.5. The van der Waals surface area contributed by atoms with Crippen LogP contribution in [0.2, 0.25) is 5.02 Å². The molecule has 0 aliphatic carbocycles. The van der Waals surface area contributed by atoms with Crippen LogP contribution in [0.4, 0.5) is 5.69 Å². The van der Waals surface area contributed by atoms with Crippen LogP contribution in [-0.4, -0.2) is 11.5 Å². The van der Waals surface area contributed by atoms with Crippen molar-refractivity contribution in [2.45, 2.75) is 32.7 Å². The molecule has 1 rings (SSSR count). The molecule has 0 heterocycles. The highest BCUT2D eigenvalue weighted by atomic mass is 35.5. The van der Waals surface area contributed by atoms with Crippen LogP contribution in [0.15, 0.2) is 18.2 Å².